The first-order valence-corrected chi connectivity index (χ1v) is 6.76. The Balaban J connectivity index is 1.93. The van der Waals surface area contributed by atoms with Crippen LogP contribution in [0.1, 0.15) is 26.7 Å². The summed E-state index contributed by atoms with van der Waals surface area (Å²) in [5.74, 6) is 1.29. The minimum Gasteiger partial charge on any atom is -0.478 e. The van der Waals surface area contributed by atoms with Crippen LogP contribution in [0.25, 0.3) is 0 Å². The zero-order valence-corrected chi connectivity index (χ0v) is 11.2. The number of nitrogens with one attached hydrogen (secondary N) is 1. The molecule has 4 nitrogen and oxygen atoms in total. The molecule has 0 bridgehead atoms. The van der Waals surface area contributed by atoms with Crippen LogP contribution in [0.4, 0.5) is 5.69 Å². The first kappa shape index (κ1) is 13.1. The summed E-state index contributed by atoms with van der Waals surface area (Å²) in [6.07, 6.45) is 4.08. The standard InChI is InChI=1S/C14H22N2O2/c1-3-13(11-7-8-17-10-11)16-12-5-6-14(15-9-12)18-4-2/h5-6,9,11,13,16H,3-4,7-8,10H2,1-2H3. The molecule has 0 aliphatic carbocycles. The van der Waals surface area contributed by atoms with E-state index in [-0.39, 0.29) is 0 Å². The first-order valence-electron chi connectivity index (χ1n) is 6.76. The van der Waals surface area contributed by atoms with Crippen molar-refractivity contribution in [2.45, 2.75) is 32.7 Å². The molecular weight excluding hydrogens is 228 g/mol. The van der Waals surface area contributed by atoms with Crippen LogP contribution < -0.4 is 10.1 Å². The molecule has 0 aromatic carbocycles. The van der Waals surface area contributed by atoms with Gasteiger partial charge in [-0.2, -0.15) is 0 Å². The van der Waals surface area contributed by atoms with Crippen LogP contribution in [0.2, 0.25) is 0 Å². The monoisotopic (exact) mass is 250 g/mol. The first-order chi connectivity index (χ1) is 8.83. The van der Waals surface area contributed by atoms with E-state index in [0.29, 0.717) is 24.4 Å². The number of rotatable bonds is 6. The van der Waals surface area contributed by atoms with Crippen molar-refractivity contribution in [3.05, 3.63) is 18.3 Å². The molecule has 0 radical (unpaired) electrons. The highest BCUT2D eigenvalue weighted by Crippen LogP contribution is 2.22. The molecular formula is C14H22N2O2. The quantitative estimate of drug-likeness (QED) is 0.843. The zero-order valence-electron chi connectivity index (χ0n) is 11.2. The van der Waals surface area contributed by atoms with Crippen molar-refractivity contribution in [1.82, 2.24) is 4.98 Å². The zero-order chi connectivity index (χ0) is 12.8. The molecule has 1 aromatic heterocycles. The Kier molecular flexibility index (Phi) is 4.81. The third kappa shape index (κ3) is 3.35. The molecule has 0 amide bonds. The summed E-state index contributed by atoms with van der Waals surface area (Å²) < 4.78 is 10.8. The Morgan fingerprint density at radius 1 is 1.50 bits per heavy atom. The van der Waals surface area contributed by atoms with Crippen LogP contribution in [-0.4, -0.2) is 30.8 Å². The summed E-state index contributed by atoms with van der Waals surface area (Å²) in [5, 5.41) is 3.54. The van der Waals surface area contributed by atoms with Crippen molar-refractivity contribution in [2.75, 3.05) is 25.1 Å². The van der Waals surface area contributed by atoms with Gasteiger partial charge in [0.25, 0.3) is 0 Å². The number of ether oxygens (including phenoxy) is 2. The van der Waals surface area contributed by atoms with E-state index in [4.69, 9.17) is 9.47 Å². The van der Waals surface area contributed by atoms with E-state index in [1.54, 1.807) is 0 Å². The smallest absolute Gasteiger partial charge is 0.213 e. The summed E-state index contributed by atoms with van der Waals surface area (Å²) in [7, 11) is 0. The van der Waals surface area contributed by atoms with Gasteiger partial charge in [-0.3, -0.25) is 0 Å². The maximum Gasteiger partial charge on any atom is 0.213 e. The van der Waals surface area contributed by atoms with Crippen molar-refractivity contribution in [2.24, 2.45) is 5.92 Å². The second-order valence-electron chi connectivity index (χ2n) is 4.60. The van der Waals surface area contributed by atoms with Gasteiger partial charge in [-0.25, -0.2) is 4.98 Å². The van der Waals surface area contributed by atoms with Gasteiger partial charge in [-0.05, 0) is 25.8 Å². The lowest BCUT2D eigenvalue weighted by Crippen LogP contribution is -2.28. The molecule has 2 rings (SSSR count). The van der Waals surface area contributed by atoms with Crippen LogP contribution in [0.5, 0.6) is 5.88 Å². The van der Waals surface area contributed by atoms with Crippen LogP contribution in [0.15, 0.2) is 18.3 Å². The van der Waals surface area contributed by atoms with Crippen molar-refractivity contribution in [3.63, 3.8) is 0 Å². The SMILES string of the molecule is CCOc1ccc(NC(CC)C2CCOC2)cn1. The molecule has 1 aromatic rings. The molecule has 2 unspecified atom stereocenters. The Bertz CT molecular complexity index is 347. The lowest BCUT2D eigenvalue weighted by molar-refractivity contribution is 0.182. The van der Waals surface area contributed by atoms with Crippen LogP contribution in [0.3, 0.4) is 0 Å². The highest BCUT2D eigenvalue weighted by molar-refractivity contribution is 5.43. The third-order valence-corrected chi connectivity index (χ3v) is 3.35. The van der Waals surface area contributed by atoms with Gasteiger partial charge in [0.15, 0.2) is 0 Å². The molecule has 2 heterocycles. The number of hydrogen-bond acceptors (Lipinski definition) is 4. The molecule has 0 spiro atoms. The van der Waals surface area contributed by atoms with Gasteiger partial charge in [0.05, 0.1) is 25.1 Å². The Morgan fingerprint density at radius 3 is 2.94 bits per heavy atom. The average Bonchev–Trinajstić information content (AvgIpc) is 2.92. The summed E-state index contributed by atoms with van der Waals surface area (Å²) in [4.78, 5) is 4.27. The Morgan fingerprint density at radius 2 is 2.39 bits per heavy atom. The molecule has 1 N–H and O–H groups in total. The van der Waals surface area contributed by atoms with Crippen LogP contribution in [0, 0.1) is 5.92 Å². The van der Waals surface area contributed by atoms with Gasteiger partial charge in [0, 0.05) is 24.6 Å². The largest absolute Gasteiger partial charge is 0.478 e. The number of aromatic nitrogens is 1. The van der Waals surface area contributed by atoms with E-state index < -0.39 is 0 Å². The van der Waals surface area contributed by atoms with Crippen molar-refractivity contribution >= 4 is 5.69 Å². The number of anilines is 1. The number of nitrogens with zero attached hydrogens (tertiary/aromatic N) is 1. The third-order valence-electron chi connectivity index (χ3n) is 3.35. The average molecular weight is 250 g/mol. The number of hydrogen-bond donors (Lipinski definition) is 1. The number of pyridine rings is 1. The van der Waals surface area contributed by atoms with Gasteiger partial charge in [0.1, 0.15) is 0 Å². The van der Waals surface area contributed by atoms with Gasteiger partial charge in [-0.15, -0.1) is 0 Å². The molecule has 1 fully saturated rings. The fourth-order valence-corrected chi connectivity index (χ4v) is 2.34. The highest BCUT2D eigenvalue weighted by atomic mass is 16.5. The fraction of sp³-hybridized carbons (Fsp3) is 0.643. The maximum absolute atomic E-state index is 5.45. The van der Waals surface area contributed by atoms with E-state index in [0.717, 1.165) is 31.7 Å². The second kappa shape index (κ2) is 6.59. The predicted octanol–water partition coefficient (Wildman–Crippen LogP) is 2.71. The summed E-state index contributed by atoms with van der Waals surface area (Å²) >= 11 is 0. The van der Waals surface area contributed by atoms with E-state index in [1.807, 2.05) is 25.3 Å². The van der Waals surface area contributed by atoms with E-state index in [1.165, 1.54) is 0 Å². The molecule has 100 valence electrons. The molecule has 18 heavy (non-hydrogen) atoms. The van der Waals surface area contributed by atoms with Crippen molar-refractivity contribution in [1.29, 1.82) is 0 Å². The van der Waals surface area contributed by atoms with Gasteiger partial charge >= 0.3 is 0 Å². The highest BCUT2D eigenvalue weighted by Gasteiger charge is 2.24. The van der Waals surface area contributed by atoms with Crippen LogP contribution >= 0.6 is 0 Å². The van der Waals surface area contributed by atoms with Crippen molar-refractivity contribution in [3.8, 4) is 5.88 Å². The normalized spacial score (nSPS) is 20.7. The summed E-state index contributed by atoms with van der Waals surface area (Å²) in [6.45, 7) is 6.58. The van der Waals surface area contributed by atoms with Crippen molar-refractivity contribution < 1.29 is 9.47 Å². The topological polar surface area (TPSA) is 43.4 Å². The lowest BCUT2D eigenvalue weighted by Gasteiger charge is -2.23. The Hall–Kier alpha value is -1.29. The summed E-state index contributed by atoms with van der Waals surface area (Å²) in [6, 6.07) is 4.40. The Labute approximate surface area is 109 Å². The van der Waals surface area contributed by atoms with Gasteiger partial charge < -0.3 is 14.8 Å². The van der Waals surface area contributed by atoms with Gasteiger partial charge in [-0.1, -0.05) is 6.92 Å². The molecule has 1 aliphatic heterocycles. The fourth-order valence-electron chi connectivity index (χ4n) is 2.34. The molecule has 0 saturated carbocycles. The maximum atomic E-state index is 5.45. The van der Waals surface area contributed by atoms with E-state index in [9.17, 15) is 0 Å². The molecule has 1 aliphatic rings. The summed E-state index contributed by atoms with van der Waals surface area (Å²) in [5.41, 5.74) is 1.05. The van der Waals surface area contributed by atoms with Gasteiger partial charge in [0.2, 0.25) is 5.88 Å². The van der Waals surface area contributed by atoms with E-state index >= 15 is 0 Å². The van der Waals surface area contributed by atoms with Crippen LogP contribution in [-0.2, 0) is 4.74 Å². The van der Waals surface area contributed by atoms with E-state index in [2.05, 4.69) is 17.2 Å². The molecule has 1 saturated heterocycles. The minimum atomic E-state index is 0.465. The second-order valence-corrected chi connectivity index (χ2v) is 4.60. The predicted molar refractivity (Wildman–Crippen MR) is 72.0 cm³/mol. The lowest BCUT2D eigenvalue weighted by atomic mass is 9.97. The molecule has 4 heteroatoms. The molecule has 2 atom stereocenters. The minimum absolute atomic E-state index is 0.465.